The second-order valence-corrected chi connectivity index (χ2v) is 22.3. The highest BCUT2D eigenvalue weighted by Gasteiger charge is 2.44. The van der Waals surface area contributed by atoms with Crippen LogP contribution in [0.2, 0.25) is 10.0 Å². The van der Waals surface area contributed by atoms with Crippen molar-refractivity contribution in [3.05, 3.63) is 176 Å². The molecule has 0 aliphatic heterocycles. The Labute approximate surface area is 482 Å². The Morgan fingerprint density at radius 3 is 1.37 bits per heavy atom. The average Bonchev–Trinajstić information content (AvgIpc) is 3.96. The molecule has 0 spiro atoms. The number of benzene rings is 4. The van der Waals surface area contributed by atoms with E-state index in [-0.39, 0.29) is 41.6 Å². The van der Waals surface area contributed by atoms with Gasteiger partial charge in [0.1, 0.15) is 5.60 Å². The fraction of sp³-hybridized carbons (Fsp3) is 0.322. The molecule has 4 atom stereocenters. The minimum absolute atomic E-state index is 0.0317. The molecule has 4 aliphatic rings. The molecule has 4 aromatic carbocycles. The number of carbonyl (C=O) groups excluding carboxylic acids is 4. The number of rotatable bonds is 12. The third-order valence-electron chi connectivity index (χ3n) is 13.8. The molecule has 15 nitrogen and oxygen atoms in total. The van der Waals surface area contributed by atoms with Gasteiger partial charge in [-0.1, -0.05) is 83.9 Å². The number of alkyl halides is 7. The normalized spacial score (nSPS) is 19.5. The van der Waals surface area contributed by atoms with Crippen molar-refractivity contribution in [1.29, 1.82) is 0 Å². The van der Waals surface area contributed by atoms with Gasteiger partial charge in [0.15, 0.2) is 0 Å². The van der Waals surface area contributed by atoms with Gasteiger partial charge < -0.3 is 31.3 Å². The van der Waals surface area contributed by atoms with E-state index in [9.17, 15) is 49.9 Å². The summed E-state index contributed by atoms with van der Waals surface area (Å²) in [6.45, 7) is 5.26. The Morgan fingerprint density at radius 1 is 0.566 bits per heavy atom. The second-order valence-electron chi connectivity index (χ2n) is 21.5. The van der Waals surface area contributed by atoms with E-state index in [0.717, 1.165) is 58.4 Å². The molecule has 83 heavy (non-hydrogen) atoms. The maximum Gasteiger partial charge on any atom is 0.471 e. The number of ether oxygens (including phenoxy) is 1. The molecule has 2 aromatic heterocycles. The second kappa shape index (κ2) is 24.4. The summed E-state index contributed by atoms with van der Waals surface area (Å²) in [5.74, 6) is -9.10. The summed E-state index contributed by atoms with van der Waals surface area (Å²) < 4.78 is 101. The highest BCUT2D eigenvalue weighted by molar-refractivity contribution is 6.32. The van der Waals surface area contributed by atoms with E-state index >= 15 is 0 Å². The number of hydrogen-bond acceptors (Lipinski definition) is 11. The van der Waals surface area contributed by atoms with Gasteiger partial charge in [-0.05, 0) is 117 Å². The predicted octanol–water partition coefficient (Wildman–Crippen LogP) is 12.9. The van der Waals surface area contributed by atoms with Crippen molar-refractivity contribution in [2.75, 3.05) is 21.3 Å². The number of allylic oxidation sites excluding steroid dienone is 2. The number of hydrogen-bond donors (Lipinski definition) is 6. The smallest absolute Gasteiger partial charge is 0.444 e. The average molecular weight is 1190 g/mol. The highest BCUT2D eigenvalue weighted by atomic mass is 35.5. The van der Waals surface area contributed by atoms with Crippen molar-refractivity contribution < 1.29 is 54.6 Å². The first-order valence-corrected chi connectivity index (χ1v) is 27.1. The molecule has 434 valence electrons. The number of fused-ring (bicyclic) bond motifs is 2. The lowest BCUT2D eigenvalue weighted by Crippen LogP contribution is -2.48. The molecule has 2 heterocycles. The first kappa shape index (κ1) is 59.5. The molecule has 0 radical (unpaired) electrons. The topological polar surface area (TPSA) is 201 Å². The molecule has 0 saturated heterocycles. The number of amides is 4. The molecule has 6 aromatic rings. The Kier molecular flexibility index (Phi) is 17.5. The van der Waals surface area contributed by atoms with E-state index in [2.05, 4.69) is 46.5 Å². The van der Waals surface area contributed by atoms with Gasteiger partial charge in [0.25, 0.3) is 23.7 Å². The van der Waals surface area contributed by atoms with Crippen LogP contribution >= 0.6 is 23.2 Å². The Balaban J connectivity index is 0.000000200. The van der Waals surface area contributed by atoms with Crippen LogP contribution in [0.3, 0.4) is 0 Å². The van der Waals surface area contributed by atoms with Crippen molar-refractivity contribution in [1.82, 2.24) is 30.6 Å². The molecule has 10 rings (SSSR count). The number of nitrogens with one attached hydrogen (secondary N) is 6. The zero-order valence-electron chi connectivity index (χ0n) is 44.7. The van der Waals surface area contributed by atoms with Crippen LogP contribution in [0.25, 0.3) is 11.1 Å². The van der Waals surface area contributed by atoms with Crippen LogP contribution in [0.15, 0.2) is 122 Å². The summed E-state index contributed by atoms with van der Waals surface area (Å²) >= 11 is 12.8. The van der Waals surface area contributed by atoms with Crippen molar-refractivity contribution in [3.8, 4) is 0 Å². The van der Waals surface area contributed by atoms with Crippen molar-refractivity contribution >= 4 is 81.4 Å². The van der Waals surface area contributed by atoms with E-state index in [1.54, 1.807) is 38.2 Å². The van der Waals surface area contributed by atoms with E-state index < -0.39 is 97.3 Å². The lowest BCUT2D eigenvalue weighted by Gasteiger charge is -2.35. The number of nitrogens with zero attached hydrogens (tertiary/aromatic N) is 4. The summed E-state index contributed by atoms with van der Waals surface area (Å²) in [5, 5.41) is 16.3. The summed E-state index contributed by atoms with van der Waals surface area (Å²) in [5.41, 5.74) is 6.97. The van der Waals surface area contributed by atoms with Crippen LogP contribution in [-0.2, 0) is 22.4 Å². The van der Waals surface area contributed by atoms with Crippen molar-refractivity contribution in [2.24, 2.45) is 0 Å². The Bertz CT molecular complexity index is 3490. The minimum atomic E-state index is -5.06. The first-order chi connectivity index (χ1) is 39.2. The highest BCUT2D eigenvalue weighted by Crippen LogP contribution is 2.40. The molecule has 2 fully saturated rings. The Morgan fingerprint density at radius 2 is 0.964 bits per heavy atom. The third-order valence-corrected chi connectivity index (χ3v) is 14.3. The minimum Gasteiger partial charge on any atom is -0.444 e. The number of carbonyl (C=O) groups is 4. The Hall–Kier alpha value is -8.11. The zero-order valence-corrected chi connectivity index (χ0v) is 46.3. The molecular weight excluding hydrogens is 1130 g/mol. The summed E-state index contributed by atoms with van der Waals surface area (Å²) in [7, 11) is 0. The molecule has 24 heteroatoms. The van der Waals surface area contributed by atoms with Gasteiger partial charge in [0.2, 0.25) is 11.9 Å². The van der Waals surface area contributed by atoms with E-state index in [0.29, 0.717) is 27.1 Å². The molecular formula is C59H55Cl2F7N10O5. The van der Waals surface area contributed by atoms with Crippen LogP contribution in [0.4, 0.5) is 58.8 Å². The van der Waals surface area contributed by atoms with Gasteiger partial charge >= 0.3 is 18.2 Å². The molecule has 0 bridgehead atoms. The van der Waals surface area contributed by atoms with Gasteiger partial charge in [-0.3, -0.25) is 19.7 Å². The number of aromatic nitrogens is 4. The van der Waals surface area contributed by atoms with Crippen LogP contribution in [0, 0.1) is 0 Å². The number of anilines is 4. The SMILES string of the molecule is CC(C)(C)OC(=O)Nc1ccc(C(=O)NC2CC(Nc3ncc(Cl)c(C4=CCc5ccccc54)n3)CC(F)(F)C2)cc1.O=C(NC1CC(Nc2ncc(Cl)c(C3=CCc4ccccc43)n2)CC(F)(F)C1)c1ccc(NC(=O)C(F)(F)F)cc1. The van der Waals surface area contributed by atoms with Crippen molar-refractivity contribution in [2.45, 2.75) is 120 Å². The van der Waals surface area contributed by atoms with Gasteiger partial charge in [0.05, 0.1) is 33.8 Å². The maximum absolute atomic E-state index is 14.8. The van der Waals surface area contributed by atoms with Gasteiger partial charge in [-0.25, -0.2) is 42.3 Å². The van der Waals surface area contributed by atoms with Crippen LogP contribution in [0.1, 0.15) is 114 Å². The van der Waals surface area contributed by atoms with E-state index in [1.165, 1.54) is 36.7 Å². The first-order valence-electron chi connectivity index (χ1n) is 26.3. The fourth-order valence-electron chi connectivity index (χ4n) is 10.3. The summed E-state index contributed by atoms with van der Waals surface area (Å²) in [4.78, 5) is 66.2. The van der Waals surface area contributed by atoms with Crippen LogP contribution in [0.5, 0.6) is 0 Å². The molecule has 4 unspecified atom stereocenters. The fourth-order valence-corrected chi connectivity index (χ4v) is 10.7. The summed E-state index contributed by atoms with van der Waals surface area (Å²) in [6, 6.07) is 23.4. The largest absolute Gasteiger partial charge is 0.471 e. The van der Waals surface area contributed by atoms with Gasteiger partial charge in [0, 0.05) is 83.5 Å². The molecule has 4 amide bonds. The van der Waals surface area contributed by atoms with E-state index in [4.69, 9.17) is 27.9 Å². The monoisotopic (exact) mass is 1190 g/mol. The van der Waals surface area contributed by atoms with Crippen LogP contribution < -0.4 is 31.9 Å². The quantitative estimate of drug-likeness (QED) is 0.0637. The molecule has 2 saturated carbocycles. The summed E-state index contributed by atoms with van der Waals surface area (Å²) in [6.07, 6.45) is 1.13. The van der Waals surface area contributed by atoms with Gasteiger partial charge in [-0.2, -0.15) is 13.2 Å². The molecule has 6 N–H and O–H groups in total. The third kappa shape index (κ3) is 15.5. The molecule has 4 aliphatic carbocycles. The van der Waals surface area contributed by atoms with Crippen LogP contribution in [-0.4, -0.2) is 91.5 Å². The predicted molar refractivity (Wildman–Crippen MR) is 301 cm³/mol. The standard InChI is InChI=1S/C31H32ClF2N5O3.C28H23ClF5N5O2/c1-30(2,3)42-29(41)38-20-11-8-19(9-12-20)27(40)36-21-14-22(16-31(33,34)15-21)37-28-35-17-25(32)26(39-28)24-13-10-18-6-4-5-7-23(18)24;29-22-14-35-26(39-23(22)21-10-7-15-3-1-2-4-20(15)21)38-19-11-18(12-27(30,31)13-19)36-24(40)16-5-8-17(9-6-16)37-25(41)28(32,33)34/h4-9,11-13,17,21-22H,10,14-16H2,1-3H3,(H,36,40)(H,38,41)(H,35,37,39);1-6,8-10,14,18-19H,7,11-13H2,(H,36,40)(H,37,41)(H,35,38,39). The zero-order chi connectivity index (χ0) is 59.4. The number of halogens is 9. The lowest BCUT2D eigenvalue weighted by molar-refractivity contribution is -0.167. The maximum atomic E-state index is 14.8. The lowest BCUT2D eigenvalue weighted by atomic mass is 9.87. The van der Waals surface area contributed by atoms with Crippen molar-refractivity contribution in [3.63, 3.8) is 0 Å². The van der Waals surface area contributed by atoms with E-state index in [1.807, 2.05) is 60.7 Å². The van der Waals surface area contributed by atoms with Gasteiger partial charge in [-0.15, -0.1) is 0 Å².